The molecule has 19 nitrogen and oxygen atoms in total. The van der Waals surface area contributed by atoms with Crippen LogP contribution in [0, 0.1) is 36.0 Å². The molecule has 6 fully saturated rings. The highest BCUT2D eigenvalue weighted by atomic mass is 31.2. The Morgan fingerprint density at radius 1 is 0.826 bits per heavy atom. The zero-order valence-corrected chi connectivity index (χ0v) is 40.7. The number of aliphatic hydroxyl groups is 1. The van der Waals surface area contributed by atoms with Crippen molar-refractivity contribution in [3.8, 4) is 6.07 Å². The predicted molar refractivity (Wildman–Crippen MR) is 252 cm³/mol. The summed E-state index contributed by atoms with van der Waals surface area (Å²) in [5, 5.41) is 25.2. The van der Waals surface area contributed by atoms with Crippen LogP contribution in [-0.2, 0) is 28.0 Å². The van der Waals surface area contributed by atoms with Gasteiger partial charge < -0.3 is 43.7 Å². The highest BCUT2D eigenvalue weighted by Crippen LogP contribution is 2.67. The van der Waals surface area contributed by atoms with Crippen LogP contribution < -0.4 is 22.0 Å². The number of ether oxygens (including phenoxy) is 4. The maximum absolute atomic E-state index is 13.3. The monoisotopic (exact) mass is 966 g/mol. The summed E-state index contributed by atoms with van der Waals surface area (Å²) < 4.78 is 42.7. The van der Waals surface area contributed by atoms with Crippen molar-refractivity contribution in [2.75, 3.05) is 37.5 Å². The van der Waals surface area contributed by atoms with Gasteiger partial charge >= 0.3 is 11.4 Å². The third kappa shape index (κ3) is 8.85. The lowest BCUT2D eigenvalue weighted by Crippen LogP contribution is -2.49. The number of aliphatic hydroxyl groups excluding tert-OH is 1. The Balaban J connectivity index is 0.000000180. The van der Waals surface area contributed by atoms with Crippen molar-refractivity contribution in [3.05, 3.63) is 116 Å². The lowest BCUT2D eigenvalue weighted by atomic mass is 9.83. The van der Waals surface area contributed by atoms with Gasteiger partial charge in [-0.3, -0.25) is 18.7 Å². The molecule has 2 saturated carbocycles. The predicted octanol–water partition coefficient (Wildman–Crippen LogP) is 5.78. The number of nitrogens with one attached hydrogen (secondary N) is 2. The van der Waals surface area contributed by atoms with Crippen molar-refractivity contribution >= 4 is 32.0 Å². The number of aromatic nitrogens is 4. The van der Waals surface area contributed by atoms with Crippen LogP contribution in [0.2, 0.25) is 0 Å². The van der Waals surface area contributed by atoms with Gasteiger partial charge in [-0.05, 0) is 84.7 Å². The van der Waals surface area contributed by atoms with Crippen LogP contribution in [0.15, 0.2) is 82.6 Å². The lowest BCUT2D eigenvalue weighted by Gasteiger charge is -2.39. The molecular formula is C49H59N8O11P. The second-order valence-electron chi connectivity index (χ2n) is 19.7. The number of hydrogen-bond donors (Lipinski definition) is 3. The number of nitriles is 1. The maximum Gasteiger partial charge on any atom is 0.351 e. The molecule has 0 spiro atoms. The summed E-state index contributed by atoms with van der Waals surface area (Å²) in [6, 6.07) is 19.7. The molecule has 366 valence electrons. The van der Waals surface area contributed by atoms with E-state index < -0.39 is 68.0 Å². The van der Waals surface area contributed by atoms with Crippen LogP contribution in [0.3, 0.4) is 0 Å². The van der Waals surface area contributed by atoms with Crippen molar-refractivity contribution in [1.82, 2.24) is 23.8 Å². The van der Waals surface area contributed by atoms with Gasteiger partial charge in [-0.2, -0.15) is 15.2 Å². The summed E-state index contributed by atoms with van der Waals surface area (Å²) in [6.45, 7) is 12.8. The van der Waals surface area contributed by atoms with E-state index in [4.69, 9.17) is 33.3 Å². The zero-order valence-electron chi connectivity index (χ0n) is 39.8. The first kappa shape index (κ1) is 48.8. The van der Waals surface area contributed by atoms with Gasteiger partial charge in [0.2, 0.25) is 0 Å². The second-order valence-corrected chi connectivity index (χ2v) is 21.2. The Bertz CT molecular complexity index is 2750. The topological polar surface area (TPSA) is 231 Å². The number of fused-ring (bicyclic) bond motifs is 4. The normalized spacial score (nSPS) is 29.0. The average molecular weight is 967 g/mol. The van der Waals surface area contributed by atoms with Crippen LogP contribution in [0.25, 0.3) is 0 Å². The molecular weight excluding hydrogens is 908 g/mol. The molecule has 2 aromatic heterocycles. The molecule has 69 heavy (non-hydrogen) atoms. The van der Waals surface area contributed by atoms with E-state index in [0.29, 0.717) is 35.5 Å². The van der Waals surface area contributed by atoms with Crippen LogP contribution >= 0.6 is 8.53 Å². The number of amides is 2. The van der Waals surface area contributed by atoms with Gasteiger partial charge in [-0.1, -0.05) is 50.2 Å². The molecule has 4 saturated heterocycles. The van der Waals surface area contributed by atoms with Crippen molar-refractivity contribution in [1.29, 1.82) is 5.26 Å². The molecule has 0 radical (unpaired) electrons. The molecule has 2 aliphatic carbocycles. The molecule has 20 heteroatoms. The fraction of sp³-hybridized carbons (Fsp3) is 0.531. The lowest BCUT2D eigenvalue weighted by molar-refractivity contribution is -0.198. The van der Waals surface area contributed by atoms with Crippen molar-refractivity contribution in [2.24, 2.45) is 10.8 Å². The molecule has 4 bridgehead atoms. The van der Waals surface area contributed by atoms with Gasteiger partial charge in [0.1, 0.15) is 47.3 Å². The molecule has 9 atom stereocenters. The number of carbonyl (C=O) groups is 2. The first-order valence-corrected chi connectivity index (χ1v) is 24.5. The fourth-order valence-corrected chi connectivity index (χ4v) is 11.1. The summed E-state index contributed by atoms with van der Waals surface area (Å²) >= 11 is 0. The fourth-order valence-electron chi connectivity index (χ4n) is 9.63. The first-order valence-electron chi connectivity index (χ1n) is 23.3. The third-order valence-electron chi connectivity index (χ3n) is 14.8. The van der Waals surface area contributed by atoms with E-state index >= 15 is 0 Å². The number of nitrogens with zero attached hydrogens (tertiary/aromatic N) is 6. The smallest absolute Gasteiger partial charge is 0.351 e. The first-order chi connectivity index (χ1) is 32.9. The summed E-state index contributed by atoms with van der Waals surface area (Å²) in [4.78, 5) is 59.3. The minimum atomic E-state index is -1.52. The number of benzene rings is 2. The number of hydrogen-bond acceptors (Lipinski definition) is 15. The standard InChI is InChI=1S/C28H36N5O6P.C21H23N3O5/c1-18(2)32(5)40(37-15-9-14-29)39-22-21-25(38-28(22,17-36-21)27(4)12-13-27)33-16-19(3)23(31-26(33)35)30-24(34)20-10-7-6-8-11-20;1-12-10-24(18-14-15(25)21(29-18,11-28-14)20(2)8-9-20)19(27)23-16(12)22-17(26)13-6-4-3-5-7-13/h6-8,10-11,16,18,21-22,25H,9,12-13,15,17H2,1-5H3,(H,30,31,34,35);3-7,10,14-15,18,25H,8-9,11H2,1-2H3,(H,22,23,26,27)/t21?,22-,25-,28+,40?;14?,15-,18-,21+/m11/s1. The van der Waals surface area contributed by atoms with Gasteiger partial charge in [-0.25, -0.2) is 14.3 Å². The molecule has 3 unspecified atom stereocenters. The van der Waals surface area contributed by atoms with Gasteiger partial charge in [-0.15, -0.1) is 0 Å². The van der Waals surface area contributed by atoms with E-state index in [-0.39, 0.29) is 53.3 Å². The molecule has 4 aromatic rings. The van der Waals surface area contributed by atoms with Crippen LogP contribution in [0.4, 0.5) is 11.6 Å². The Kier molecular flexibility index (Phi) is 13.3. The third-order valence-corrected chi connectivity index (χ3v) is 16.6. The molecule has 2 amide bonds. The maximum atomic E-state index is 13.3. The summed E-state index contributed by atoms with van der Waals surface area (Å²) in [6.07, 6.45) is 3.40. The summed E-state index contributed by atoms with van der Waals surface area (Å²) in [7, 11) is 0.419. The SMILES string of the molecule is Cc1cn([C@@H]2O[C@@]3(C4(C)CC4)COC2[C@H]3O)c(=O)nc1NC(=O)c1ccccc1.Cc1cn([C@@H]2O[C@@]3(C4(C)CC4)COC2[C@H]3OP(OCCC#N)N(C)C(C)C)c(=O)nc1NC(=O)c1ccccc1. The average Bonchev–Trinajstić information content (AvgIpc) is 4.15. The van der Waals surface area contributed by atoms with Crippen LogP contribution in [0.1, 0.15) is 104 Å². The van der Waals surface area contributed by atoms with Crippen molar-refractivity contribution in [3.63, 3.8) is 0 Å². The van der Waals surface area contributed by atoms with Crippen molar-refractivity contribution in [2.45, 2.75) is 128 Å². The number of rotatable bonds is 15. The number of aryl methyl sites for hydroxylation is 2. The largest absolute Gasteiger partial charge is 0.387 e. The van der Waals surface area contributed by atoms with E-state index in [0.717, 1.165) is 25.7 Å². The Morgan fingerprint density at radius 3 is 1.78 bits per heavy atom. The second kappa shape index (κ2) is 18.8. The van der Waals surface area contributed by atoms with E-state index in [1.807, 2.05) is 23.9 Å². The molecule has 6 aliphatic rings. The van der Waals surface area contributed by atoms with E-state index in [1.54, 1.807) is 74.8 Å². The quantitative estimate of drug-likeness (QED) is 0.0947. The van der Waals surface area contributed by atoms with E-state index in [2.05, 4.69) is 54.4 Å². The van der Waals surface area contributed by atoms with Gasteiger partial charge in [0.15, 0.2) is 12.5 Å². The van der Waals surface area contributed by atoms with Gasteiger partial charge in [0.05, 0.1) is 32.3 Å². The molecule has 2 aromatic carbocycles. The van der Waals surface area contributed by atoms with E-state index in [1.165, 1.54) is 9.13 Å². The minimum Gasteiger partial charge on any atom is -0.387 e. The highest BCUT2D eigenvalue weighted by molar-refractivity contribution is 7.44. The van der Waals surface area contributed by atoms with Gasteiger partial charge in [0, 0.05) is 51.5 Å². The van der Waals surface area contributed by atoms with E-state index in [9.17, 15) is 24.3 Å². The Hall–Kier alpha value is -5.26. The van der Waals surface area contributed by atoms with Gasteiger partial charge in [0.25, 0.3) is 20.3 Å². The summed E-state index contributed by atoms with van der Waals surface area (Å²) in [5.41, 5.74) is -0.791. The van der Waals surface area contributed by atoms with Crippen LogP contribution in [-0.4, -0.2) is 109 Å². The molecule has 10 rings (SSSR count). The van der Waals surface area contributed by atoms with Crippen molar-refractivity contribution < 1.29 is 42.7 Å². The number of carbonyl (C=O) groups excluding carboxylic acids is 2. The minimum absolute atomic E-state index is 0.133. The molecule has 6 heterocycles. The Labute approximate surface area is 401 Å². The molecule has 3 N–H and O–H groups in total. The summed E-state index contributed by atoms with van der Waals surface area (Å²) in [5.74, 6) is -0.285. The highest BCUT2D eigenvalue weighted by Gasteiger charge is 2.74. The number of anilines is 2. The molecule has 4 aliphatic heterocycles. The zero-order chi connectivity index (χ0) is 49.0. The Morgan fingerprint density at radius 2 is 1.29 bits per heavy atom. The van der Waals surface area contributed by atoms with Crippen LogP contribution in [0.5, 0.6) is 0 Å².